The number of allylic oxidation sites excluding steroid dienone is 2. The van der Waals surface area contributed by atoms with Crippen molar-refractivity contribution in [3.8, 4) is 0 Å². The third-order valence-electron chi connectivity index (χ3n) is 9.33. The van der Waals surface area contributed by atoms with Crippen molar-refractivity contribution >= 4 is 5.97 Å². The topological polar surface area (TPSA) is 87.0 Å². The van der Waals surface area contributed by atoms with E-state index < -0.39 is 18.2 Å². The van der Waals surface area contributed by atoms with Gasteiger partial charge in [0, 0.05) is 29.6 Å². The molecule has 160 valence electrons. The van der Waals surface area contributed by atoms with Crippen LogP contribution in [0.5, 0.6) is 0 Å². The number of hydrogen-bond acceptors (Lipinski definition) is 4. The highest BCUT2D eigenvalue weighted by Gasteiger charge is 2.65. The van der Waals surface area contributed by atoms with Crippen LogP contribution < -0.4 is 0 Å². The molecule has 2 bridgehead atoms. The zero-order chi connectivity index (χ0) is 20.8. The largest absolute Gasteiger partial charge is 0.491 e. The molecule has 0 radical (unpaired) electrons. The highest BCUT2D eigenvalue weighted by atomic mass is 16.5. The van der Waals surface area contributed by atoms with Gasteiger partial charge in [0.2, 0.25) is 0 Å². The maximum atomic E-state index is 12.6. The van der Waals surface area contributed by atoms with Crippen molar-refractivity contribution in [2.24, 2.45) is 47.3 Å². The molecule has 1 saturated heterocycles. The zero-order valence-corrected chi connectivity index (χ0v) is 17.8. The fourth-order valence-electron chi connectivity index (χ4n) is 7.88. The lowest BCUT2D eigenvalue weighted by Crippen LogP contribution is -2.48. The number of ether oxygens (including phenoxy) is 1. The molecule has 11 atom stereocenters. The SMILES string of the molecule is CC1=C[C@H]2[C@H](O)[C@@H](C)[C@H](O)[C@@H]2[C@H]2[C@@H]3C(C(=O)O)=C4O[C@](C)(CCC[C@@H]4C)[C@@H]3C[C@@H]12. The minimum atomic E-state index is -0.865. The molecule has 2 heterocycles. The number of aliphatic hydroxyl groups is 2. The van der Waals surface area contributed by atoms with Crippen molar-refractivity contribution < 1.29 is 24.9 Å². The van der Waals surface area contributed by atoms with E-state index >= 15 is 0 Å². The quantitative estimate of drug-likeness (QED) is 0.586. The van der Waals surface area contributed by atoms with Crippen LogP contribution in [0.2, 0.25) is 0 Å². The first kappa shape index (κ1) is 19.6. The fourth-order valence-corrected chi connectivity index (χ4v) is 7.88. The van der Waals surface area contributed by atoms with Gasteiger partial charge in [0.15, 0.2) is 0 Å². The second-order valence-electron chi connectivity index (χ2n) is 10.7. The summed E-state index contributed by atoms with van der Waals surface area (Å²) in [6.45, 7) is 8.31. The number of carboxylic acid groups (broad SMARTS) is 1. The molecule has 5 nitrogen and oxygen atoms in total. The molecular weight excluding hydrogens is 368 g/mol. The summed E-state index contributed by atoms with van der Waals surface area (Å²) in [7, 11) is 0. The normalized spacial score (nSPS) is 53.4. The van der Waals surface area contributed by atoms with Crippen LogP contribution >= 0.6 is 0 Å². The second-order valence-corrected chi connectivity index (χ2v) is 10.7. The van der Waals surface area contributed by atoms with E-state index in [9.17, 15) is 20.1 Å². The van der Waals surface area contributed by atoms with Crippen molar-refractivity contribution in [2.45, 2.75) is 71.2 Å². The number of aliphatic carboxylic acids is 1. The minimum Gasteiger partial charge on any atom is -0.491 e. The highest BCUT2D eigenvalue weighted by Crippen LogP contribution is 2.65. The number of hydrogen-bond donors (Lipinski definition) is 3. The van der Waals surface area contributed by atoms with Gasteiger partial charge in [-0.05, 0) is 57.3 Å². The van der Waals surface area contributed by atoms with Crippen LogP contribution in [0.15, 0.2) is 23.0 Å². The summed E-state index contributed by atoms with van der Waals surface area (Å²) in [4.78, 5) is 12.6. The Balaban J connectivity index is 1.69. The Labute approximate surface area is 172 Å². The van der Waals surface area contributed by atoms with Crippen LogP contribution in [0.4, 0.5) is 0 Å². The van der Waals surface area contributed by atoms with Crippen LogP contribution in [-0.2, 0) is 9.53 Å². The molecule has 5 aliphatic rings. The highest BCUT2D eigenvalue weighted by molar-refractivity contribution is 5.88. The first-order chi connectivity index (χ1) is 13.7. The summed E-state index contributed by atoms with van der Waals surface area (Å²) in [5.74, 6) is -0.103. The standard InChI is InChI=1S/C24H34O5/c1-10-6-5-7-24(4)15-9-13-11(2)8-14-17(21(26)12(3)20(14)25)16(13)18(15)19(23(27)28)22(10)29-24/h8,10,12-18,20-21,25-26H,5-7,9H2,1-4H3,(H,27,28)/t10-,12+,13-,14+,15+,16-,17-,18+,20+,21-,24+/m0/s1. The fraction of sp³-hybridized carbons (Fsp3) is 0.792. The molecule has 0 unspecified atom stereocenters. The summed E-state index contributed by atoms with van der Waals surface area (Å²) in [5.41, 5.74) is 1.37. The van der Waals surface area contributed by atoms with Gasteiger partial charge in [0.1, 0.15) is 11.4 Å². The van der Waals surface area contributed by atoms with Crippen molar-refractivity contribution in [1.29, 1.82) is 0 Å². The molecule has 0 amide bonds. The number of rotatable bonds is 1. The molecule has 5 rings (SSSR count). The third-order valence-corrected chi connectivity index (χ3v) is 9.33. The summed E-state index contributed by atoms with van der Waals surface area (Å²) in [6, 6.07) is 0. The predicted octanol–water partition coefficient (Wildman–Crippen LogP) is 3.37. The Morgan fingerprint density at radius 3 is 2.62 bits per heavy atom. The van der Waals surface area contributed by atoms with Crippen LogP contribution in [-0.4, -0.2) is 39.1 Å². The van der Waals surface area contributed by atoms with E-state index in [1.165, 1.54) is 5.57 Å². The van der Waals surface area contributed by atoms with E-state index in [1.807, 2.05) is 6.92 Å². The van der Waals surface area contributed by atoms with Gasteiger partial charge >= 0.3 is 5.97 Å². The lowest BCUT2D eigenvalue weighted by atomic mass is 9.63. The van der Waals surface area contributed by atoms with Crippen LogP contribution in [0.25, 0.3) is 0 Å². The maximum absolute atomic E-state index is 12.6. The first-order valence-electron chi connectivity index (χ1n) is 11.4. The van der Waals surface area contributed by atoms with E-state index in [-0.39, 0.29) is 52.9 Å². The molecule has 2 aliphatic heterocycles. The Hall–Kier alpha value is -1.33. The number of aliphatic hydroxyl groups excluding tert-OH is 2. The predicted molar refractivity (Wildman–Crippen MR) is 108 cm³/mol. The van der Waals surface area contributed by atoms with Crippen molar-refractivity contribution in [3.05, 3.63) is 23.0 Å². The Bertz CT molecular complexity index is 799. The first-order valence-corrected chi connectivity index (χ1v) is 11.4. The summed E-state index contributed by atoms with van der Waals surface area (Å²) in [5, 5.41) is 32.2. The summed E-state index contributed by atoms with van der Waals surface area (Å²) >= 11 is 0. The van der Waals surface area contributed by atoms with E-state index in [0.717, 1.165) is 25.7 Å². The molecule has 3 fully saturated rings. The molecule has 3 aliphatic carbocycles. The van der Waals surface area contributed by atoms with Gasteiger partial charge in [0.25, 0.3) is 0 Å². The molecule has 0 aromatic heterocycles. The lowest BCUT2D eigenvalue weighted by molar-refractivity contribution is -0.138. The molecule has 29 heavy (non-hydrogen) atoms. The summed E-state index contributed by atoms with van der Waals surface area (Å²) in [6.07, 6.45) is 4.88. The zero-order valence-electron chi connectivity index (χ0n) is 17.8. The maximum Gasteiger partial charge on any atom is 0.335 e. The number of fused-ring (bicyclic) bond motifs is 8. The van der Waals surface area contributed by atoms with Crippen molar-refractivity contribution in [3.63, 3.8) is 0 Å². The number of carboxylic acids is 1. The van der Waals surface area contributed by atoms with Gasteiger partial charge in [-0.1, -0.05) is 25.5 Å². The van der Waals surface area contributed by atoms with E-state index in [4.69, 9.17) is 4.74 Å². The molecule has 0 aromatic carbocycles. The van der Waals surface area contributed by atoms with Crippen LogP contribution in [0.3, 0.4) is 0 Å². The Kier molecular flexibility index (Phi) is 4.29. The summed E-state index contributed by atoms with van der Waals surface area (Å²) < 4.78 is 6.52. The molecule has 5 heteroatoms. The average Bonchev–Trinajstić information content (AvgIpc) is 3.10. The molecule has 0 spiro atoms. The average molecular weight is 403 g/mol. The van der Waals surface area contributed by atoms with Gasteiger partial charge in [-0.2, -0.15) is 0 Å². The Morgan fingerprint density at radius 2 is 1.93 bits per heavy atom. The van der Waals surface area contributed by atoms with E-state index in [0.29, 0.717) is 11.3 Å². The second kappa shape index (κ2) is 6.34. The molecular formula is C24H34O5. The van der Waals surface area contributed by atoms with Gasteiger partial charge in [-0.3, -0.25) is 0 Å². The molecule has 0 aromatic rings. The van der Waals surface area contributed by atoms with Crippen molar-refractivity contribution in [2.75, 3.05) is 0 Å². The monoisotopic (exact) mass is 402 g/mol. The Morgan fingerprint density at radius 1 is 1.21 bits per heavy atom. The molecule has 3 N–H and O–H groups in total. The molecule has 2 saturated carbocycles. The van der Waals surface area contributed by atoms with Gasteiger partial charge in [0.05, 0.1) is 17.8 Å². The van der Waals surface area contributed by atoms with Crippen molar-refractivity contribution in [1.82, 2.24) is 0 Å². The van der Waals surface area contributed by atoms with Crippen LogP contribution in [0, 0.1) is 47.3 Å². The van der Waals surface area contributed by atoms with Gasteiger partial charge < -0.3 is 20.1 Å². The van der Waals surface area contributed by atoms with Gasteiger partial charge in [-0.25, -0.2) is 4.79 Å². The third kappa shape index (κ3) is 2.49. The van der Waals surface area contributed by atoms with E-state index in [1.54, 1.807) is 0 Å². The number of carbonyl (C=O) groups is 1. The minimum absolute atomic E-state index is 0.0548. The van der Waals surface area contributed by atoms with Crippen LogP contribution in [0.1, 0.15) is 53.4 Å². The smallest absolute Gasteiger partial charge is 0.335 e. The van der Waals surface area contributed by atoms with Gasteiger partial charge in [-0.15, -0.1) is 0 Å². The van der Waals surface area contributed by atoms with E-state index in [2.05, 4.69) is 26.8 Å². The lowest BCUT2D eigenvalue weighted by Gasteiger charge is -2.47.